The molecular formula is C15H28O. The number of aliphatic hydroxyl groups is 1. The van der Waals surface area contributed by atoms with Crippen LogP contribution in [0.1, 0.15) is 77.6 Å². The standard InChI is InChI=1S/C15H28O/c1-2-12-15(16)13-10-8-6-4-3-5-7-9-11-14-15/h2,12,16H,3-11,13-14H2,1H3. The van der Waals surface area contributed by atoms with E-state index in [1.807, 2.05) is 19.1 Å². The third-order valence-corrected chi connectivity index (χ3v) is 3.70. The number of hydrogen-bond acceptors (Lipinski definition) is 1. The first-order valence-electron chi connectivity index (χ1n) is 7.13. The molecule has 0 atom stereocenters. The van der Waals surface area contributed by atoms with Crippen molar-refractivity contribution in [3.63, 3.8) is 0 Å². The fourth-order valence-electron chi connectivity index (χ4n) is 2.70. The van der Waals surface area contributed by atoms with Crippen LogP contribution < -0.4 is 0 Å². The van der Waals surface area contributed by atoms with Crippen molar-refractivity contribution in [3.05, 3.63) is 12.2 Å². The average Bonchev–Trinajstić information content (AvgIpc) is 2.24. The highest BCUT2D eigenvalue weighted by molar-refractivity contribution is 4.99. The molecule has 1 N–H and O–H groups in total. The van der Waals surface area contributed by atoms with Crippen LogP contribution in [0.25, 0.3) is 0 Å². The second-order valence-electron chi connectivity index (χ2n) is 5.29. The van der Waals surface area contributed by atoms with Crippen molar-refractivity contribution in [2.75, 3.05) is 0 Å². The van der Waals surface area contributed by atoms with Crippen LogP contribution in [0.2, 0.25) is 0 Å². The van der Waals surface area contributed by atoms with Crippen LogP contribution in [0.5, 0.6) is 0 Å². The van der Waals surface area contributed by atoms with Gasteiger partial charge in [0, 0.05) is 0 Å². The third-order valence-electron chi connectivity index (χ3n) is 3.70. The molecule has 0 bridgehead atoms. The highest BCUT2D eigenvalue weighted by Crippen LogP contribution is 2.25. The molecule has 0 amide bonds. The molecule has 0 unspecified atom stereocenters. The number of hydrogen-bond donors (Lipinski definition) is 1. The zero-order valence-corrected chi connectivity index (χ0v) is 10.9. The summed E-state index contributed by atoms with van der Waals surface area (Å²) >= 11 is 0. The van der Waals surface area contributed by atoms with Gasteiger partial charge in [0.1, 0.15) is 0 Å². The largest absolute Gasteiger partial charge is 0.386 e. The summed E-state index contributed by atoms with van der Waals surface area (Å²) in [5.74, 6) is 0. The van der Waals surface area contributed by atoms with Gasteiger partial charge in [-0.25, -0.2) is 0 Å². The van der Waals surface area contributed by atoms with Crippen LogP contribution in [0, 0.1) is 0 Å². The molecule has 94 valence electrons. The van der Waals surface area contributed by atoms with Gasteiger partial charge in [0.25, 0.3) is 0 Å². The Balaban J connectivity index is 2.41. The Morgan fingerprint density at radius 2 is 1.12 bits per heavy atom. The van der Waals surface area contributed by atoms with Gasteiger partial charge in [-0.1, -0.05) is 69.9 Å². The second-order valence-corrected chi connectivity index (χ2v) is 5.29. The first-order valence-corrected chi connectivity index (χ1v) is 7.13. The predicted molar refractivity (Wildman–Crippen MR) is 70.6 cm³/mol. The van der Waals surface area contributed by atoms with Crippen molar-refractivity contribution in [2.24, 2.45) is 0 Å². The van der Waals surface area contributed by atoms with Crippen LogP contribution in [0.15, 0.2) is 12.2 Å². The second kappa shape index (κ2) is 7.89. The van der Waals surface area contributed by atoms with E-state index in [2.05, 4.69) is 0 Å². The maximum absolute atomic E-state index is 10.5. The van der Waals surface area contributed by atoms with Crippen molar-refractivity contribution in [2.45, 2.75) is 83.2 Å². The lowest BCUT2D eigenvalue weighted by Gasteiger charge is -2.25. The summed E-state index contributed by atoms with van der Waals surface area (Å²) in [5.41, 5.74) is -0.506. The molecular weight excluding hydrogens is 196 g/mol. The van der Waals surface area contributed by atoms with E-state index in [-0.39, 0.29) is 0 Å². The first kappa shape index (κ1) is 13.8. The minimum absolute atomic E-state index is 0.506. The molecule has 1 aliphatic carbocycles. The predicted octanol–water partition coefficient (Wildman–Crippen LogP) is 4.60. The van der Waals surface area contributed by atoms with Gasteiger partial charge >= 0.3 is 0 Å². The molecule has 0 aromatic carbocycles. The zero-order valence-electron chi connectivity index (χ0n) is 10.9. The van der Waals surface area contributed by atoms with Crippen LogP contribution >= 0.6 is 0 Å². The van der Waals surface area contributed by atoms with E-state index in [9.17, 15) is 5.11 Å². The van der Waals surface area contributed by atoms with E-state index in [1.165, 1.54) is 57.8 Å². The fraction of sp³-hybridized carbons (Fsp3) is 0.867. The Morgan fingerprint density at radius 1 is 0.750 bits per heavy atom. The fourth-order valence-corrected chi connectivity index (χ4v) is 2.70. The highest BCUT2D eigenvalue weighted by Gasteiger charge is 2.21. The molecule has 0 saturated heterocycles. The summed E-state index contributed by atoms with van der Waals surface area (Å²) in [5, 5.41) is 10.5. The Hall–Kier alpha value is -0.300. The summed E-state index contributed by atoms with van der Waals surface area (Å²) in [6.07, 6.45) is 17.8. The Bertz CT molecular complexity index is 184. The van der Waals surface area contributed by atoms with Crippen LogP contribution in [0.4, 0.5) is 0 Å². The molecule has 1 heteroatoms. The quantitative estimate of drug-likeness (QED) is 0.645. The van der Waals surface area contributed by atoms with Gasteiger partial charge in [0.05, 0.1) is 5.60 Å². The molecule has 0 aromatic heterocycles. The molecule has 0 heterocycles. The summed E-state index contributed by atoms with van der Waals surface area (Å²) < 4.78 is 0. The first-order chi connectivity index (χ1) is 7.77. The monoisotopic (exact) mass is 224 g/mol. The maximum Gasteiger partial charge on any atom is 0.0827 e. The van der Waals surface area contributed by atoms with Gasteiger partial charge in [0.2, 0.25) is 0 Å². The van der Waals surface area contributed by atoms with Crippen molar-refractivity contribution in [1.29, 1.82) is 0 Å². The zero-order chi connectivity index (χ0) is 11.7. The third kappa shape index (κ3) is 5.69. The van der Waals surface area contributed by atoms with Gasteiger partial charge in [0.15, 0.2) is 0 Å². The summed E-state index contributed by atoms with van der Waals surface area (Å²) in [4.78, 5) is 0. The van der Waals surface area contributed by atoms with Gasteiger partial charge in [-0.3, -0.25) is 0 Å². The molecule has 0 spiro atoms. The minimum atomic E-state index is -0.506. The summed E-state index contributed by atoms with van der Waals surface area (Å²) in [6, 6.07) is 0. The Morgan fingerprint density at radius 3 is 1.50 bits per heavy atom. The highest BCUT2D eigenvalue weighted by atomic mass is 16.3. The van der Waals surface area contributed by atoms with Gasteiger partial charge in [-0.15, -0.1) is 0 Å². The number of rotatable bonds is 1. The van der Waals surface area contributed by atoms with Gasteiger partial charge < -0.3 is 5.11 Å². The van der Waals surface area contributed by atoms with Crippen molar-refractivity contribution in [1.82, 2.24) is 0 Å². The summed E-state index contributed by atoms with van der Waals surface area (Å²) in [7, 11) is 0. The molecule has 1 nitrogen and oxygen atoms in total. The maximum atomic E-state index is 10.5. The topological polar surface area (TPSA) is 20.2 Å². The van der Waals surface area contributed by atoms with Crippen molar-refractivity contribution in [3.8, 4) is 0 Å². The van der Waals surface area contributed by atoms with Crippen LogP contribution in [-0.4, -0.2) is 10.7 Å². The lowest BCUT2D eigenvalue weighted by atomic mass is 9.88. The summed E-state index contributed by atoms with van der Waals surface area (Å²) in [6.45, 7) is 2.01. The van der Waals surface area contributed by atoms with E-state index in [0.29, 0.717) is 0 Å². The van der Waals surface area contributed by atoms with Crippen molar-refractivity contribution >= 4 is 0 Å². The van der Waals surface area contributed by atoms with Crippen LogP contribution in [-0.2, 0) is 0 Å². The Labute approximate surface area is 101 Å². The molecule has 1 aliphatic rings. The minimum Gasteiger partial charge on any atom is -0.386 e. The average molecular weight is 224 g/mol. The van der Waals surface area contributed by atoms with E-state index >= 15 is 0 Å². The van der Waals surface area contributed by atoms with Gasteiger partial charge in [-0.05, 0) is 19.8 Å². The molecule has 1 fully saturated rings. The lowest BCUT2D eigenvalue weighted by Crippen LogP contribution is -2.25. The van der Waals surface area contributed by atoms with E-state index < -0.39 is 5.60 Å². The van der Waals surface area contributed by atoms with E-state index in [4.69, 9.17) is 0 Å². The molecule has 1 saturated carbocycles. The molecule has 1 rings (SSSR count). The lowest BCUT2D eigenvalue weighted by molar-refractivity contribution is 0.0658. The molecule has 0 radical (unpaired) electrons. The molecule has 0 aromatic rings. The SMILES string of the molecule is CC=CC1(O)CCCCCCCCCCC1. The van der Waals surface area contributed by atoms with Crippen LogP contribution in [0.3, 0.4) is 0 Å². The van der Waals surface area contributed by atoms with E-state index in [0.717, 1.165) is 12.8 Å². The smallest absolute Gasteiger partial charge is 0.0827 e. The number of allylic oxidation sites excluding steroid dienone is 1. The van der Waals surface area contributed by atoms with Crippen molar-refractivity contribution < 1.29 is 5.11 Å². The molecule has 16 heavy (non-hydrogen) atoms. The van der Waals surface area contributed by atoms with E-state index in [1.54, 1.807) is 0 Å². The molecule has 0 aliphatic heterocycles. The van der Waals surface area contributed by atoms with Gasteiger partial charge in [-0.2, -0.15) is 0 Å². The normalized spacial score (nSPS) is 24.9. The Kier molecular flexibility index (Phi) is 6.79.